The first-order valence-corrected chi connectivity index (χ1v) is 15.8. The van der Waals surface area contributed by atoms with E-state index in [0.717, 1.165) is 39.9 Å². The molecule has 4 aromatic rings. The quantitative estimate of drug-likeness (QED) is 0.169. The summed E-state index contributed by atoms with van der Waals surface area (Å²) in [6.07, 6.45) is -0.833. The average molecular weight is 608 g/mol. The van der Waals surface area contributed by atoms with E-state index in [9.17, 15) is 9.90 Å². The summed E-state index contributed by atoms with van der Waals surface area (Å²) in [7, 11) is 2.15. The predicted octanol–water partition coefficient (Wildman–Crippen LogP) is 7.15. The highest BCUT2D eigenvalue weighted by molar-refractivity contribution is 5.74. The molecule has 0 radical (unpaired) electrons. The molecule has 3 N–H and O–H groups in total. The lowest BCUT2D eigenvalue weighted by Gasteiger charge is -2.43. The van der Waals surface area contributed by atoms with Crippen molar-refractivity contribution in [3.8, 4) is 11.1 Å². The lowest BCUT2D eigenvalue weighted by Crippen LogP contribution is -2.44. The number of rotatable bonds is 11. The van der Waals surface area contributed by atoms with Crippen molar-refractivity contribution in [2.24, 2.45) is 5.92 Å². The Kier molecular flexibility index (Phi) is 11.0. The van der Waals surface area contributed by atoms with Crippen molar-refractivity contribution in [1.82, 2.24) is 15.5 Å². The zero-order chi connectivity index (χ0) is 31.8. The van der Waals surface area contributed by atoms with Gasteiger partial charge in [-0.2, -0.15) is 0 Å². The number of hydrogen-bond donors (Lipinski definition) is 3. The van der Waals surface area contributed by atoms with Gasteiger partial charge in [-0.25, -0.2) is 4.79 Å². The fourth-order valence-electron chi connectivity index (χ4n) is 5.89. The van der Waals surface area contributed by atoms with Crippen LogP contribution in [0.4, 0.5) is 4.79 Å². The highest BCUT2D eigenvalue weighted by Crippen LogP contribution is 2.42. The third-order valence-electron chi connectivity index (χ3n) is 8.74. The Bertz CT molecular complexity index is 1530. The minimum Gasteiger partial charge on any atom is -0.392 e. The second kappa shape index (κ2) is 15.3. The molecular weight excluding hydrogens is 562 g/mol. The summed E-state index contributed by atoms with van der Waals surface area (Å²) < 4.78 is 13.5. The fraction of sp³-hybridized carbons (Fsp3) is 0.342. The van der Waals surface area contributed by atoms with Gasteiger partial charge >= 0.3 is 6.03 Å². The SMILES string of the molecule is CCNC(=O)NCc1cccc(-c2cccc([C@H]3O[C@@H](CN(C)[C@@H](C)c4ccccc4)[C@@H](C)[C@@H](c4ccc(CO)cc4)O3)c2)c1. The first-order chi connectivity index (χ1) is 21.9. The minimum atomic E-state index is -0.559. The number of likely N-dealkylation sites (N-methyl/N-ethyl adjacent to an activating group) is 1. The molecule has 45 heavy (non-hydrogen) atoms. The molecule has 0 aliphatic carbocycles. The van der Waals surface area contributed by atoms with Gasteiger partial charge in [-0.1, -0.05) is 97.9 Å². The van der Waals surface area contributed by atoms with Gasteiger partial charge in [-0.3, -0.25) is 4.90 Å². The van der Waals surface area contributed by atoms with Crippen LogP contribution in [-0.4, -0.2) is 42.3 Å². The predicted molar refractivity (Wildman–Crippen MR) is 178 cm³/mol. The third-order valence-corrected chi connectivity index (χ3v) is 8.74. The molecule has 5 rings (SSSR count). The van der Waals surface area contributed by atoms with E-state index >= 15 is 0 Å². The van der Waals surface area contributed by atoms with E-state index in [1.807, 2.05) is 43.3 Å². The van der Waals surface area contributed by atoms with Crippen LogP contribution in [0.2, 0.25) is 0 Å². The molecule has 0 saturated carbocycles. The number of nitrogens with one attached hydrogen (secondary N) is 2. The molecule has 236 valence electrons. The molecular formula is C38H45N3O4. The van der Waals surface area contributed by atoms with Crippen LogP contribution in [0.15, 0.2) is 103 Å². The molecule has 2 amide bonds. The fourth-order valence-corrected chi connectivity index (χ4v) is 5.89. The van der Waals surface area contributed by atoms with Crippen molar-refractivity contribution < 1.29 is 19.4 Å². The maximum atomic E-state index is 11.9. The Morgan fingerprint density at radius 2 is 1.56 bits per heavy atom. The van der Waals surface area contributed by atoms with E-state index in [0.29, 0.717) is 13.1 Å². The number of urea groups is 1. The van der Waals surface area contributed by atoms with Gasteiger partial charge in [-0.05, 0) is 66.4 Å². The number of carbonyl (C=O) groups excluding carboxylic acids is 1. The van der Waals surface area contributed by atoms with Crippen molar-refractivity contribution in [3.05, 3.63) is 131 Å². The lowest BCUT2D eigenvalue weighted by molar-refractivity contribution is -0.276. The summed E-state index contributed by atoms with van der Waals surface area (Å²) in [5, 5.41) is 15.3. The summed E-state index contributed by atoms with van der Waals surface area (Å²) in [6.45, 7) is 8.10. The van der Waals surface area contributed by atoms with E-state index in [-0.39, 0.29) is 36.8 Å². The zero-order valence-electron chi connectivity index (χ0n) is 26.6. The van der Waals surface area contributed by atoms with Gasteiger partial charge in [0.25, 0.3) is 0 Å². The number of nitrogens with zero attached hydrogens (tertiary/aromatic N) is 1. The summed E-state index contributed by atoms with van der Waals surface area (Å²) in [5.41, 5.74) is 7.28. The van der Waals surface area contributed by atoms with Crippen LogP contribution in [0.1, 0.15) is 67.0 Å². The summed E-state index contributed by atoms with van der Waals surface area (Å²) >= 11 is 0. The van der Waals surface area contributed by atoms with Crippen molar-refractivity contribution in [1.29, 1.82) is 0 Å². The van der Waals surface area contributed by atoms with Crippen molar-refractivity contribution in [2.75, 3.05) is 20.1 Å². The van der Waals surface area contributed by atoms with Gasteiger partial charge in [0.15, 0.2) is 6.29 Å². The average Bonchev–Trinajstić information content (AvgIpc) is 3.08. The molecule has 0 bridgehead atoms. The largest absolute Gasteiger partial charge is 0.392 e. The number of hydrogen-bond acceptors (Lipinski definition) is 5. The zero-order valence-corrected chi connectivity index (χ0v) is 26.6. The second-order valence-electron chi connectivity index (χ2n) is 11.9. The molecule has 1 aliphatic rings. The van der Waals surface area contributed by atoms with Gasteiger partial charge in [0.1, 0.15) is 0 Å². The van der Waals surface area contributed by atoms with Crippen molar-refractivity contribution >= 4 is 6.03 Å². The number of aliphatic hydroxyl groups is 1. The van der Waals surface area contributed by atoms with E-state index < -0.39 is 6.29 Å². The highest BCUT2D eigenvalue weighted by atomic mass is 16.7. The Morgan fingerprint density at radius 3 is 2.27 bits per heavy atom. The lowest BCUT2D eigenvalue weighted by atomic mass is 9.89. The molecule has 1 aliphatic heterocycles. The number of aliphatic hydroxyl groups excluding tert-OH is 1. The standard InChI is InChI=1S/C38H45N3O4/c1-5-39-38(43)40-23-29-11-9-14-32(21-29)33-15-10-16-34(22-33)37-44-35(24-41(4)27(3)30-12-7-6-8-13-30)26(2)36(45-37)31-19-17-28(25-42)18-20-31/h6-22,26-27,35-37,42H,5,23-25H2,1-4H3,(H2,39,40,43)/t26-,27+,35+,36+,37+/m1/s1. The minimum absolute atomic E-state index is 0.00782. The molecule has 0 unspecified atom stereocenters. The summed E-state index contributed by atoms with van der Waals surface area (Å²) in [5.74, 6) is 0.0870. The Morgan fingerprint density at radius 1 is 0.844 bits per heavy atom. The maximum Gasteiger partial charge on any atom is 0.315 e. The van der Waals surface area contributed by atoms with Crippen LogP contribution in [0.25, 0.3) is 11.1 Å². The molecule has 1 heterocycles. The molecule has 7 nitrogen and oxygen atoms in total. The van der Waals surface area contributed by atoms with Crippen molar-refractivity contribution in [2.45, 2.75) is 58.5 Å². The van der Waals surface area contributed by atoms with E-state index in [1.165, 1.54) is 5.56 Å². The van der Waals surface area contributed by atoms with Gasteiger partial charge < -0.3 is 25.2 Å². The summed E-state index contributed by atoms with van der Waals surface area (Å²) in [6, 6.07) is 35.1. The second-order valence-corrected chi connectivity index (χ2v) is 11.9. The molecule has 1 saturated heterocycles. The van der Waals surface area contributed by atoms with Crippen LogP contribution < -0.4 is 10.6 Å². The maximum absolute atomic E-state index is 11.9. The number of amides is 2. The topological polar surface area (TPSA) is 83.1 Å². The normalized spacial score (nSPS) is 20.5. The summed E-state index contributed by atoms with van der Waals surface area (Å²) in [4.78, 5) is 14.3. The van der Waals surface area contributed by atoms with Crippen LogP contribution in [0.3, 0.4) is 0 Å². The first-order valence-electron chi connectivity index (χ1n) is 15.8. The molecule has 0 aromatic heterocycles. The van der Waals surface area contributed by atoms with Crippen LogP contribution in [-0.2, 0) is 22.6 Å². The monoisotopic (exact) mass is 607 g/mol. The van der Waals surface area contributed by atoms with E-state index in [1.54, 1.807) is 0 Å². The van der Waals surface area contributed by atoms with Crippen LogP contribution in [0.5, 0.6) is 0 Å². The number of ether oxygens (including phenoxy) is 2. The van der Waals surface area contributed by atoms with E-state index in [4.69, 9.17) is 9.47 Å². The molecule has 0 spiro atoms. The third kappa shape index (κ3) is 8.18. The first kappa shape index (κ1) is 32.4. The molecule has 4 aromatic carbocycles. The Hall–Kier alpha value is -4.01. The van der Waals surface area contributed by atoms with Gasteiger partial charge in [0.05, 0.1) is 18.8 Å². The van der Waals surface area contributed by atoms with Gasteiger partial charge in [0.2, 0.25) is 0 Å². The van der Waals surface area contributed by atoms with E-state index in [2.05, 4.69) is 103 Å². The molecule has 1 fully saturated rings. The van der Waals surface area contributed by atoms with Crippen LogP contribution >= 0.6 is 0 Å². The van der Waals surface area contributed by atoms with Crippen molar-refractivity contribution in [3.63, 3.8) is 0 Å². The van der Waals surface area contributed by atoms with Crippen LogP contribution in [0, 0.1) is 5.92 Å². The smallest absolute Gasteiger partial charge is 0.315 e. The van der Waals surface area contributed by atoms with Gasteiger partial charge in [-0.15, -0.1) is 0 Å². The molecule has 7 heteroatoms. The molecule has 5 atom stereocenters. The number of carbonyl (C=O) groups is 1. The Labute approximate surface area is 267 Å². The number of benzene rings is 4. The Balaban J connectivity index is 1.40. The highest BCUT2D eigenvalue weighted by Gasteiger charge is 2.39. The van der Waals surface area contributed by atoms with Gasteiger partial charge in [0, 0.05) is 37.2 Å².